The van der Waals surface area contributed by atoms with Crippen molar-refractivity contribution in [3.8, 4) is 5.75 Å². The van der Waals surface area contributed by atoms with Gasteiger partial charge in [0.2, 0.25) is 5.91 Å². The zero-order valence-corrected chi connectivity index (χ0v) is 26.7. The van der Waals surface area contributed by atoms with Gasteiger partial charge in [-0.05, 0) is 29.8 Å². The molecule has 11 atom stereocenters. The summed E-state index contributed by atoms with van der Waals surface area (Å²) in [6.45, 7) is 1.18. The first kappa shape index (κ1) is 34.7. The largest absolute Gasteiger partial charge is 0.491 e. The van der Waals surface area contributed by atoms with Crippen LogP contribution in [0.5, 0.6) is 5.75 Å². The summed E-state index contributed by atoms with van der Waals surface area (Å²) in [6, 6.07) is 23.0. The predicted octanol–water partition coefficient (Wildman–Crippen LogP) is 2.29. The van der Waals surface area contributed by atoms with E-state index in [2.05, 4.69) is 5.32 Å². The van der Waals surface area contributed by atoms with E-state index in [0.717, 1.165) is 5.56 Å². The summed E-state index contributed by atoms with van der Waals surface area (Å²) in [5.41, 5.74) is 1.74. The molecule has 14 heteroatoms. The second-order valence-electron chi connectivity index (χ2n) is 11.8. The zero-order valence-electron chi connectivity index (χ0n) is 25.9. The lowest BCUT2D eigenvalue weighted by Gasteiger charge is -2.48. The summed E-state index contributed by atoms with van der Waals surface area (Å²) in [4.78, 5) is 11.6. The number of fused-ring (bicyclic) bond motifs is 1. The van der Waals surface area contributed by atoms with E-state index in [4.69, 9.17) is 44.8 Å². The second kappa shape index (κ2) is 15.6. The number of ether oxygens (including phenoxy) is 7. The van der Waals surface area contributed by atoms with E-state index in [1.165, 1.54) is 6.92 Å². The quantitative estimate of drug-likeness (QED) is 0.211. The van der Waals surface area contributed by atoms with Crippen molar-refractivity contribution in [3.63, 3.8) is 0 Å². The van der Waals surface area contributed by atoms with Gasteiger partial charge in [-0.15, -0.1) is 0 Å². The Balaban J connectivity index is 1.15. The van der Waals surface area contributed by atoms with Crippen LogP contribution < -0.4 is 10.1 Å². The number of hydrogen-bond acceptors (Lipinski definition) is 12. The minimum absolute atomic E-state index is 0.0328. The van der Waals surface area contributed by atoms with Gasteiger partial charge in [0, 0.05) is 12.5 Å². The van der Waals surface area contributed by atoms with Crippen molar-refractivity contribution in [2.45, 2.75) is 81.2 Å². The maximum Gasteiger partial charge on any atom is 0.221 e. The number of rotatable bonds is 10. The predicted molar refractivity (Wildman–Crippen MR) is 169 cm³/mol. The van der Waals surface area contributed by atoms with Crippen molar-refractivity contribution in [1.29, 1.82) is 0 Å². The van der Waals surface area contributed by atoms with E-state index in [9.17, 15) is 25.2 Å². The van der Waals surface area contributed by atoms with Crippen molar-refractivity contribution in [3.05, 3.63) is 95.0 Å². The van der Waals surface area contributed by atoms with Crippen LogP contribution in [0.1, 0.15) is 24.3 Å². The number of anilines is 1. The fourth-order valence-corrected chi connectivity index (χ4v) is 5.96. The molecule has 3 aromatic carbocycles. The van der Waals surface area contributed by atoms with Gasteiger partial charge in [-0.2, -0.15) is 0 Å². The van der Waals surface area contributed by atoms with E-state index >= 15 is 0 Å². The highest BCUT2D eigenvalue weighted by atomic mass is 35.5. The van der Waals surface area contributed by atoms with Crippen molar-refractivity contribution >= 4 is 23.2 Å². The molecule has 48 heavy (non-hydrogen) atoms. The first-order valence-corrected chi connectivity index (χ1v) is 15.9. The maximum atomic E-state index is 11.6. The Bertz CT molecular complexity index is 1500. The van der Waals surface area contributed by atoms with Crippen LogP contribution in [0.25, 0.3) is 0 Å². The van der Waals surface area contributed by atoms with Crippen LogP contribution in [0, 0.1) is 0 Å². The minimum Gasteiger partial charge on any atom is -0.491 e. The number of hydrogen-bond donors (Lipinski definition) is 5. The third-order valence-corrected chi connectivity index (χ3v) is 8.58. The standard InChI is InChI=1S/C34H38ClNO12/c1-18(37)36-23-14-19(12-13-22(23)35)15-43-33-28(40)26(38)31(24(45-33)16-42-21-10-6-3-7-11-21)48-34-29(41)27(39)30-25(46-34)17-44-32(47-30)20-8-4-2-5-9-20/h2-14,24-34,38-41H,15-17H2,1H3,(H,36,37)/t24-,25-,26-,27-,28-,29-,30-,31-,32?,33-,34-/m1/s1. The van der Waals surface area contributed by atoms with Gasteiger partial charge in [0.25, 0.3) is 0 Å². The Labute approximate surface area is 281 Å². The van der Waals surface area contributed by atoms with Crippen LogP contribution in [-0.4, -0.2) is 101 Å². The molecule has 5 N–H and O–H groups in total. The Morgan fingerprint density at radius 2 is 1.58 bits per heavy atom. The number of aliphatic hydroxyl groups is 4. The average Bonchev–Trinajstić information content (AvgIpc) is 3.10. The van der Waals surface area contributed by atoms with Gasteiger partial charge in [0.1, 0.15) is 61.2 Å². The van der Waals surface area contributed by atoms with E-state index < -0.39 is 67.7 Å². The molecule has 13 nitrogen and oxygen atoms in total. The molecule has 0 spiro atoms. The van der Waals surface area contributed by atoms with Crippen molar-refractivity contribution in [2.24, 2.45) is 0 Å². The van der Waals surface area contributed by atoms with Crippen LogP contribution in [0.3, 0.4) is 0 Å². The minimum atomic E-state index is -1.60. The molecule has 3 aliphatic rings. The topological polar surface area (TPSA) is 175 Å². The van der Waals surface area contributed by atoms with Crippen molar-refractivity contribution in [1.82, 2.24) is 0 Å². The van der Waals surface area contributed by atoms with Gasteiger partial charge in [-0.25, -0.2) is 0 Å². The molecular weight excluding hydrogens is 650 g/mol. The first-order valence-electron chi connectivity index (χ1n) is 15.5. The molecule has 3 saturated heterocycles. The molecule has 3 fully saturated rings. The number of carbonyl (C=O) groups excluding carboxylic acids is 1. The molecule has 0 radical (unpaired) electrons. The van der Waals surface area contributed by atoms with Crippen LogP contribution >= 0.6 is 11.6 Å². The lowest BCUT2D eigenvalue weighted by atomic mass is 9.96. The molecule has 3 heterocycles. The van der Waals surface area contributed by atoms with Crippen molar-refractivity contribution < 1.29 is 58.4 Å². The highest BCUT2D eigenvalue weighted by Gasteiger charge is 2.53. The summed E-state index contributed by atoms with van der Waals surface area (Å²) in [5, 5.41) is 47.5. The smallest absolute Gasteiger partial charge is 0.221 e. The SMILES string of the molecule is CC(=O)Nc1cc(CO[C@@H]2O[C@H](COc3ccccc3)[C@@H](O[C@H]3O[C@@H]4COC(c5ccccc5)O[C@H]4[C@H](O)[C@H]3O)[C@H](O)[C@H]2O)ccc1Cl. The van der Waals surface area contributed by atoms with Gasteiger partial charge >= 0.3 is 0 Å². The van der Waals surface area contributed by atoms with Gasteiger partial charge in [0.15, 0.2) is 18.9 Å². The fraction of sp³-hybridized carbons (Fsp3) is 0.441. The molecule has 0 aromatic heterocycles. The number of halogens is 1. The molecule has 0 saturated carbocycles. The number of aliphatic hydroxyl groups excluding tert-OH is 4. The number of carbonyl (C=O) groups is 1. The molecule has 0 aliphatic carbocycles. The number of nitrogens with one attached hydrogen (secondary N) is 1. The van der Waals surface area contributed by atoms with Crippen LogP contribution in [-0.2, 0) is 39.8 Å². The Morgan fingerprint density at radius 1 is 0.875 bits per heavy atom. The number of amides is 1. The monoisotopic (exact) mass is 687 g/mol. The van der Waals surface area contributed by atoms with E-state index in [0.29, 0.717) is 22.0 Å². The summed E-state index contributed by atoms with van der Waals surface area (Å²) < 4.78 is 41.7. The summed E-state index contributed by atoms with van der Waals surface area (Å²) in [7, 11) is 0. The second-order valence-corrected chi connectivity index (χ2v) is 12.2. The van der Waals surface area contributed by atoms with Gasteiger partial charge in [0.05, 0.1) is 23.9 Å². The van der Waals surface area contributed by atoms with E-state index in [-0.39, 0.29) is 25.7 Å². The number of para-hydroxylation sites is 1. The molecule has 258 valence electrons. The highest BCUT2D eigenvalue weighted by Crippen LogP contribution is 2.36. The molecule has 6 rings (SSSR count). The summed E-state index contributed by atoms with van der Waals surface area (Å²) in [5.74, 6) is 0.215. The van der Waals surface area contributed by atoms with Gasteiger partial charge < -0.3 is 58.9 Å². The fourth-order valence-electron chi connectivity index (χ4n) is 5.79. The lowest BCUT2D eigenvalue weighted by Crippen LogP contribution is -2.66. The highest BCUT2D eigenvalue weighted by molar-refractivity contribution is 6.33. The molecule has 1 amide bonds. The Kier molecular flexibility index (Phi) is 11.3. The third kappa shape index (κ3) is 7.99. The summed E-state index contributed by atoms with van der Waals surface area (Å²) in [6.07, 6.45) is -13.8. The average molecular weight is 688 g/mol. The lowest BCUT2D eigenvalue weighted by molar-refractivity contribution is -0.385. The number of benzene rings is 3. The van der Waals surface area contributed by atoms with Crippen LogP contribution in [0.4, 0.5) is 5.69 Å². The van der Waals surface area contributed by atoms with Gasteiger partial charge in [-0.1, -0.05) is 66.2 Å². The molecular formula is C34H38ClNO12. The Morgan fingerprint density at radius 3 is 2.31 bits per heavy atom. The van der Waals surface area contributed by atoms with Crippen LogP contribution in [0.2, 0.25) is 5.02 Å². The van der Waals surface area contributed by atoms with E-state index in [1.807, 2.05) is 36.4 Å². The maximum absolute atomic E-state index is 11.6. The molecule has 0 bridgehead atoms. The Hall–Kier alpha value is -3.18. The first-order chi connectivity index (χ1) is 23.2. The zero-order chi connectivity index (χ0) is 33.8. The molecule has 3 aliphatic heterocycles. The third-order valence-electron chi connectivity index (χ3n) is 8.25. The molecule has 3 aromatic rings. The molecule has 1 unspecified atom stereocenters. The van der Waals surface area contributed by atoms with E-state index in [1.54, 1.807) is 42.5 Å². The summed E-state index contributed by atoms with van der Waals surface area (Å²) >= 11 is 6.18. The van der Waals surface area contributed by atoms with Crippen molar-refractivity contribution in [2.75, 3.05) is 18.5 Å². The van der Waals surface area contributed by atoms with Gasteiger partial charge in [-0.3, -0.25) is 4.79 Å². The van der Waals surface area contributed by atoms with Crippen LogP contribution in [0.15, 0.2) is 78.9 Å². The normalized spacial score (nSPS) is 33.4.